The smallest absolute Gasteiger partial charge is 0.0969 e. The predicted molar refractivity (Wildman–Crippen MR) is 85.5 cm³/mol. The molecule has 0 spiro atoms. The van der Waals surface area contributed by atoms with E-state index in [4.69, 9.17) is 23.2 Å². The zero-order valence-corrected chi connectivity index (χ0v) is 13.3. The molecule has 2 aromatic rings. The van der Waals surface area contributed by atoms with E-state index in [1.807, 2.05) is 6.20 Å². The Balaban J connectivity index is 1.59. The van der Waals surface area contributed by atoms with E-state index in [2.05, 4.69) is 20.9 Å². The maximum Gasteiger partial charge on any atom is 0.0969 e. The zero-order valence-electron chi connectivity index (χ0n) is 11.8. The van der Waals surface area contributed by atoms with Gasteiger partial charge in [0.1, 0.15) is 0 Å². The molecule has 0 radical (unpaired) electrons. The van der Waals surface area contributed by atoms with Crippen LogP contribution < -0.4 is 10.6 Å². The molecule has 2 heterocycles. The summed E-state index contributed by atoms with van der Waals surface area (Å²) in [6.45, 7) is 2.83. The van der Waals surface area contributed by atoms with Crippen LogP contribution in [-0.4, -0.2) is 45.8 Å². The van der Waals surface area contributed by atoms with E-state index >= 15 is 0 Å². The fourth-order valence-electron chi connectivity index (χ4n) is 2.48. The summed E-state index contributed by atoms with van der Waals surface area (Å²) in [6.07, 6.45) is 1.54. The number of aromatic nitrogens is 3. The molecule has 118 valence electrons. The first-order chi connectivity index (χ1) is 10.6. The van der Waals surface area contributed by atoms with Gasteiger partial charge in [0.2, 0.25) is 0 Å². The van der Waals surface area contributed by atoms with Gasteiger partial charge in [-0.2, -0.15) is 0 Å². The van der Waals surface area contributed by atoms with Gasteiger partial charge < -0.3 is 15.7 Å². The molecule has 0 bridgehead atoms. The van der Waals surface area contributed by atoms with Crippen LogP contribution in [0.25, 0.3) is 5.69 Å². The van der Waals surface area contributed by atoms with Gasteiger partial charge >= 0.3 is 0 Å². The standard InChI is InChI=1S/C14H17Cl2N5O/c15-10-1-2-13(12(16)3-10)21-8-11(19-20-21)6-17-4-9-5-18-7-14(9)22/h1-3,8-9,14,17-18,22H,4-7H2. The first kappa shape index (κ1) is 15.7. The Morgan fingerprint density at radius 2 is 2.23 bits per heavy atom. The molecule has 0 saturated carbocycles. The highest BCUT2D eigenvalue weighted by Crippen LogP contribution is 2.23. The van der Waals surface area contributed by atoms with Gasteiger partial charge in [0.25, 0.3) is 0 Å². The molecule has 1 aromatic carbocycles. The Morgan fingerprint density at radius 1 is 1.36 bits per heavy atom. The van der Waals surface area contributed by atoms with Crippen molar-refractivity contribution in [3.63, 3.8) is 0 Å². The second-order valence-electron chi connectivity index (χ2n) is 5.37. The molecule has 0 amide bonds. The molecule has 8 heteroatoms. The normalized spacial score (nSPS) is 21.4. The Bertz CT molecular complexity index is 648. The number of hydrogen-bond donors (Lipinski definition) is 3. The lowest BCUT2D eigenvalue weighted by atomic mass is 10.1. The van der Waals surface area contributed by atoms with E-state index in [1.54, 1.807) is 22.9 Å². The van der Waals surface area contributed by atoms with Crippen molar-refractivity contribution < 1.29 is 5.11 Å². The monoisotopic (exact) mass is 341 g/mol. The molecule has 1 saturated heterocycles. The Kier molecular flexibility index (Phi) is 4.95. The molecule has 3 N–H and O–H groups in total. The number of nitrogens with zero attached hydrogens (tertiary/aromatic N) is 3. The van der Waals surface area contributed by atoms with E-state index in [1.165, 1.54) is 0 Å². The minimum absolute atomic E-state index is 0.237. The lowest BCUT2D eigenvalue weighted by molar-refractivity contribution is 0.146. The number of hydrogen-bond acceptors (Lipinski definition) is 5. The maximum absolute atomic E-state index is 9.73. The molecule has 2 atom stereocenters. The van der Waals surface area contributed by atoms with Gasteiger partial charge in [-0.15, -0.1) is 5.10 Å². The fourth-order valence-corrected chi connectivity index (χ4v) is 2.97. The zero-order chi connectivity index (χ0) is 15.5. The number of nitrogens with one attached hydrogen (secondary N) is 2. The fraction of sp³-hybridized carbons (Fsp3) is 0.429. The summed E-state index contributed by atoms with van der Waals surface area (Å²) in [4.78, 5) is 0. The van der Waals surface area contributed by atoms with Crippen LogP contribution in [-0.2, 0) is 6.54 Å². The number of β-amino-alcohol motifs (C(OH)–C–C–N with tert-alkyl or cyclic N) is 1. The topological polar surface area (TPSA) is 75.0 Å². The summed E-state index contributed by atoms with van der Waals surface area (Å²) in [7, 11) is 0. The van der Waals surface area contributed by atoms with Gasteiger partial charge in [0.15, 0.2) is 0 Å². The molecule has 1 fully saturated rings. The molecule has 1 aliphatic rings. The van der Waals surface area contributed by atoms with Crippen molar-refractivity contribution in [2.75, 3.05) is 19.6 Å². The highest BCUT2D eigenvalue weighted by Gasteiger charge is 2.24. The molecular weight excluding hydrogens is 325 g/mol. The molecule has 0 aliphatic carbocycles. The molecule has 6 nitrogen and oxygen atoms in total. The van der Waals surface area contributed by atoms with Gasteiger partial charge in [-0.1, -0.05) is 28.4 Å². The lowest BCUT2D eigenvalue weighted by Gasteiger charge is -2.13. The van der Waals surface area contributed by atoms with Gasteiger partial charge in [-0.05, 0) is 18.2 Å². The Morgan fingerprint density at radius 3 is 2.95 bits per heavy atom. The van der Waals surface area contributed by atoms with Crippen LogP contribution in [0.15, 0.2) is 24.4 Å². The summed E-state index contributed by atoms with van der Waals surface area (Å²) in [5.41, 5.74) is 1.55. The quantitative estimate of drug-likeness (QED) is 0.763. The first-order valence-electron chi connectivity index (χ1n) is 7.09. The van der Waals surface area contributed by atoms with Gasteiger partial charge in [0.05, 0.1) is 28.7 Å². The third kappa shape index (κ3) is 3.59. The second kappa shape index (κ2) is 6.93. The molecule has 1 aliphatic heterocycles. The highest BCUT2D eigenvalue weighted by atomic mass is 35.5. The molecule has 1 aromatic heterocycles. The van der Waals surface area contributed by atoms with Crippen molar-refractivity contribution in [3.8, 4) is 5.69 Å². The summed E-state index contributed by atoms with van der Waals surface area (Å²) in [6, 6.07) is 5.24. The predicted octanol–water partition coefficient (Wildman–Crippen LogP) is 1.24. The number of aliphatic hydroxyl groups excluding tert-OH is 1. The number of benzene rings is 1. The largest absolute Gasteiger partial charge is 0.391 e. The van der Waals surface area contributed by atoms with Crippen LogP contribution in [0, 0.1) is 5.92 Å². The summed E-state index contributed by atoms with van der Waals surface area (Å²) < 4.78 is 1.63. The van der Waals surface area contributed by atoms with E-state index in [-0.39, 0.29) is 12.0 Å². The highest BCUT2D eigenvalue weighted by molar-refractivity contribution is 6.35. The number of halogens is 2. The summed E-state index contributed by atoms with van der Waals surface area (Å²) >= 11 is 12.0. The van der Waals surface area contributed by atoms with Crippen molar-refractivity contribution in [3.05, 3.63) is 40.1 Å². The van der Waals surface area contributed by atoms with E-state index < -0.39 is 0 Å². The Labute approximate surface area is 138 Å². The third-order valence-electron chi connectivity index (χ3n) is 3.71. The van der Waals surface area contributed by atoms with Gasteiger partial charge in [0, 0.05) is 37.1 Å². The Hall–Kier alpha value is -1.18. The molecule has 22 heavy (non-hydrogen) atoms. The van der Waals surface area contributed by atoms with Crippen LogP contribution in [0.1, 0.15) is 5.69 Å². The van der Waals surface area contributed by atoms with Crippen molar-refractivity contribution >= 4 is 23.2 Å². The summed E-state index contributed by atoms with van der Waals surface area (Å²) in [5.74, 6) is 0.237. The molecular formula is C14H17Cl2N5O. The molecule has 2 unspecified atom stereocenters. The van der Waals surface area contributed by atoms with Crippen LogP contribution in [0.4, 0.5) is 0 Å². The van der Waals surface area contributed by atoms with Gasteiger partial charge in [-0.3, -0.25) is 0 Å². The maximum atomic E-state index is 9.73. The first-order valence-corrected chi connectivity index (χ1v) is 7.85. The van der Waals surface area contributed by atoms with Crippen LogP contribution >= 0.6 is 23.2 Å². The SMILES string of the molecule is OC1CNCC1CNCc1cn(-c2ccc(Cl)cc2Cl)nn1. The van der Waals surface area contributed by atoms with E-state index in [0.29, 0.717) is 23.1 Å². The number of rotatable bonds is 5. The van der Waals surface area contributed by atoms with Gasteiger partial charge in [-0.25, -0.2) is 4.68 Å². The van der Waals surface area contributed by atoms with E-state index in [9.17, 15) is 5.11 Å². The minimum Gasteiger partial charge on any atom is -0.391 e. The van der Waals surface area contributed by atoms with Crippen LogP contribution in [0.5, 0.6) is 0 Å². The van der Waals surface area contributed by atoms with Crippen molar-refractivity contribution in [1.82, 2.24) is 25.6 Å². The van der Waals surface area contributed by atoms with Crippen LogP contribution in [0.3, 0.4) is 0 Å². The average Bonchev–Trinajstić information content (AvgIpc) is 3.09. The third-order valence-corrected chi connectivity index (χ3v) is 4.25. The van der Waals surface area contributed by atoms with Crippen molar-refractivity contribution in [1.29, 1.82) is 0 Å². The van der Waals surface area contributed by atoms with Crippen molar-refractivity contribution in [2.24, 2.45) is 5.92 Å². The second-order valence-corrected chi connectivity index (χ2v) is 6.21. The number of aliphatic hydroxyl groups is 1. The summed E-state index contributed by atoms with van der Waals surface area (Å²) in [5, 5.41) is 25.5. The minimum atomic E-state index is -0.281. The van der Waals surface area contributed by atoms with Crippen molar-refractivity contribution in [2.45, 2.75) is 12.6 Å². The van der Waals surface area contributed by atoms with E-state index in [0.717, 1.165) is 24.5 Å². The average molecular weight is 342 g/mol. The van der Waals surface area contributed by atoms with Crippen LogP contribution in [0.2, 0.25) is 10.0 Å². The molecule has 3 rings (SSSR count). The lowest BCUT2D eigenvalue weighted by Crippen LogP contribution is -2.30.